The van der Waals surface area contributed by atoms with E-state index in [-0.39, 0.29) is 16.7 Å². The first-order chi connectivity index (χ1) is 8.20. The molecule has 0 aromatic carbocycles. The summed E-state index contributed by atoms with van der Waals surface area (Å²) in [6.07, 6.45) is 8.86. The summed E-state index contributed by atoms with van der Waals surface area (Å²) in [5, 5.41) is 0. The number of alkyl halides is 1. The van der Waals surface area contributed by atoms with Crippen LogP contribution < -0.4 is 0 Å². The first-order valence-electron chi connectivity index (χ1n) is 6.89. The third kappa shape index (κ3) is 3.30. The molecular weight excluding hydrogens is 286 g/mol. The van der Waals surface area contributed by atoms with E-state index in [1.807, 2.05) is 0 Å². The standard InChI is InChI=1S/C14H21BrF2/c15-12-9-5-4-8-11(12)14(17)13(16)10-6-2-1-3-7-10/h10-12H,1-9H2/b14-13-. The number of rotatable bonds is 2. The van der Waals surface area contributed by atoms with Crippen LogP contribution in [-0.4, -0.2) is 4.83 Å². The van der Waals surface area contributed by atoms with Gasteiger partial charge >= 0.3 is 0 Å². The maximum atomic E-state index is 14.2. The Morgan fingerprint density at radius 2 is 1.35 bits per heavy atom. The van der Waals surface area contributed by atoms with Crippen LogP contribution in [0.15, 0.2) is 11.7 Å². The average Bonchev–Trinajstić information content (AvgIpc) is 2.39. The number of hydrogen-bond acceptors (Lipinski definition) is 0. The van der Waals surface area contributed by atoms with E-state index in [4.69, 9.17) is 0 Å². The molecule has 0 nitrogen and oxygen atoms in total. The Morgan fingerprint density at radius 3 is 2.00 bits per heavy atom. The second-order valence-corrected chi connectivity index (χ2v) is 6.61. The van der Waals surface area contributed by atoms with Crippen molar-refractivity contribution in [2.24, 2.45) is 11.8 Å². The molecule has 2 aliphatic rings. The Balaban J connectivity index is 2.06. The Bertz CT molecular complexity index is 282. The number of allylic oxidation sites excluding steroid dienone is 2. The van der Waals surface area contributed by atoms with E-state index in [1.54, 1.807) is 0 Å². The molecule has 3 heteroatoms. The fourth-order valence-electron chi connectivity index (χ4n) is 3.10. The summed E-state index contributed by atoms with van der Waals surface area (Å²) in [4.78, 5) is 0.130. The molecule has 0 bridgehead atoms. The maximum absolute atomic E-state index is 14.2. The lowest BCUT2D eigenvalue weighted by Crippen LogP contribution is -2.21. The maximum Gasteiger partial charge on any atom is 0.136 e. The molecule has 17 heavy (non-hydrogen) atoms. The third-order valence-electron chi connectivity index (χ3n) is 4.20. The van der Waals surface area contributed by atoms with Crippen molar-refractivity contribution < 1.29 is 8.78 Å². The summed E-state index contributed by atoms with van der Waals surface area (Å²) < 4.78 is 28.3. The van der Waals surface area contributed by atoms with Crippen molar-refractivity contribution in [3.8, 4) is 0 Å². The average molecular weight is 307 g/mol. The van der Waals surface area contributed by atoms with E-state index in [9.17, 15) is 8.78 Å². The predicted molar refractivity (Wildman–Crippen MR) is 70.5 cm³/mol. The van der Waals surface area contributed by atoms with Crippen molar-refractivity contribution in [2.75, 3.05) is 0 Å². The molecule has 2 rings (SSSR count). The Kier molecular flexibility index (Phi) is 5.01. The summed E-state index contributed by atoms with van der Waals surface area (Å²) in [7, 11) is 0. The number of halogens is 3. The van der Waals surface area contributed by atoms with Gasteiger partial charge in [-0.3, -0.25) is 0 Å². The molecule has 2 atom stereocenters. The van der Waals surface area contributed by atoms with Crippen LogP contribution in [0.3, 0.4) is 0 Å². The largest absolute Gasteiger partial charge is 0.209 e. The zero-order valence-electron chi connectivity index (χ0n) is 10.2. The topological polar surface area (TPSA) is 0 Å². The highest BCUT2D eigenvalue weighted by atomic mass is 79.9. The van der Waals surface area contributed by atoms with Gasteiger partial charge < -0.3 is 0 Å². The van der Waals surface area contributed by atoms with Crippen molar-refractivity contribution in [1.82, 2.24) is 0 Å². The van der Waals surface area contributed by atoms with Gasteiger partial charge in [-0.25, -0.2) is 8.78 Å². The first-order valence-corrected chi connectivity index (χ1v) is 7.81. The lowest BCUT2D eigenvalue weighted by molar-refractivity contribution is 0.294. The summed E-state index contributed by atoms with van der Waals surface area (Å²) in [5.41, 5.74) is 0. The highest BCUT2D eigenvalue weighted by Crippen LogP contribution is 2.40. The van der Waals surface area contributed by atoms with Gasteiger partial charge in [-0.15, -0.1) is 0 Å². The van der Waals surface area contributed by atoms with Crippen molar-refractivity contribution in [1.29, 1.82) is 0 Å². The van der Waals surface area contributed by atoms with Gasteiger partial charge in [0.2, 0.25) is 0 Å². The van der Waals surface area contributed by atoms with Gasteiger partial charge in [-0.05, 0) is 25.7 Å². The molecule has 98 valence electrons. The van der Waals surface area contributed by atoms with Crippen molar-refractivity contribution in [3.63, 3.8) is 0 Å². The SMILES string of the molecule is F/C(=C(\F)C1CCCCC1Br)C1CCCCC1. The minimum absolute atomic E-state index is 0.130. The summed E-state index contributed by atoms with van der Waals surface area (Å²) >= 11 is 3.51. The lowest BCUT2D eigenvalue weighted by atomic mass is 9.83. The van der Waals surface area contributed by atoms with E-state index in [0.717, 1.165) is 51.4 Å². The molecule has 0 saturated heterocycles. The zero-order chi connectivity index (χ0) is 12.3. The monoisotopic (exact) mass is 306 g/mol. The Hall–Kier alpha value is 0.0800. The molecule has 0 spiro atoms. The number of hydrogen-bond donors (Lipinski definition) is 0. The van der Waals surface area contributed by atoms with Gasteiger partial charge in [0.1, 0.15) is 11.7 Å². The summed E-state index contributed by atoms with van der Waals surface area (Å²) in [5.74, 6) is -1.23. The third-order valence-corrected chi connectivity index (χ3v) is 5.29. The molecular formula is C14H21BrF2. The van der Waals surface area contributed by atoms with Crippen LogP contribution in [0.1, 0.15) is 57.8 Å². The molecule has 0 radical (unpaired) electrons. The van der Waals surface area contributed by atoms with Gasteiger partial charge in [0.05, 0.1) is 0 Å². The van der Waals surface area contributed by atoms with Crippen molar-refractivity contribution in [2.45, 2.75) is 62.6 Å². The van der Waals surface area contributed by atoms with Gasteiger partial charge in [-0.2, -0.15) is 0 Å². The molecule has 0 aliphatic heterocycles. The molecule has 2 saturated carbocycles. The molecule has 2 aliphatic carbocycles. The smallest absolute Gasteiger partial charge is 0.136 e. The zero-order valence-corrected chi connectivity index (χ0v) is 11.8. The second-order valence-electron chi connectivity index (χ2n) is 5.44. The highest BCUT2D eigenvalue weighted by Gasteiger charge is 2.31. The molecule has 2 unspecified atom stereocenters. The van der Waals surface area contributed by atoms with Crippen molar-refractivity contribution >= 4 is 15.9 Å². The second kappa shape index (κ2) is 6.31. The van der Waals surface area contributed by atoms with E-state index in [1.165, 1.54) is 6.42 Å². The van der Waals surface area contributed by atoms with Gasteiger partial charge in [0.25, 0.3) is 0 Å². The van der Waals surface area contributed by atoms with Crippen LogP contribution in [0, 0.1) is 11.8 Å². The van der Waals surface area contributed by atoms with Crippen LogP contribution >= 0.6 is 15.9 Å². The van der Waals surface area contributed by atoms with Crippen LogP contribution in [0.2, 0.25) is 0 Å². The van der Waals surface area contributed by atoms with Crippen LogP contribution in [-0.2, 0) is 0 Å². The molecule has 0 aromatic rings. The molecule has 0 N–H and O–H groups in total. The molecule has 0 aromatic heterocycles. The van der Waals surface area contributed by atoms with Gasteiger partial charge in [0.15, 0.2) is 0 Å². The minimum Gasteiger partial charge on any atom is -0.209 e. The van der Waals surface area contributed by atoms with Crippen LogP contribution in [0.4, 0.5) is 8.78 Å². The Labute approximate surface area is 111 Å². The van der Waals surface area contributed by atoms with Gasteiger partial charge in [-0.1, -0.05) is 48.0 Å². The fraction of sp³-hybridized carbons (Fsp3) is 0.857. The molecule has 0 heterocycles. The summed E-state index contributed by atoms with van der Waals surface area (Å²) in [6.45, 7) is 0. The lowest BCUT2D eigenvalue weighted by Gasteiger charge is -2.28. The summed E-state index contributed by atoms with van der Waals surface area (Å²) in [6, 6.07) is 0. The normalized spacial score (nSPS) is 33.4. The van der Waals surface area contributed by atoms with Crippen molar-refractivity contribution in [3.05, 3.63) is 11.7 Å². The quantitative estimate of drug-likeness (QED) is 0.576. The van der Waals surface area contributed by atoms with Crippen LogP contribution in [0.5, 0.6) is 0 Å². The fourth-order valence-corrected chi connectivity index (χ4v) is 3.92. The highest BCUT2D eigenvalue weighted by molar-refractivity contribution is 9.09. The molecule has 2 fully saturated rings. The van der Waals surface area contributed by atoms with Crippen LogP contribution in [0.25, 0.3) is 0 Å². The predicted octanol–water partition coefficient (Wildman–Crippen LogP) is 5.67. The Morgan fingerprint density at radius 1 is 0.765 bits per heavy atom. The molecule has 0 amide bonds. The van der Waals surface area contributed by atoms with E-state index in [2.05, 4.69) is 15.9 Å². The van der Waals surface area contributed by atoms with E-state index >= 15 is 0 Å². The van der Waals surface area contributed by atoms with E-state index in [0.29, 0.717) is 0 Å². The van der Waals surface area contributed by atoms with E-state index < -0.39 is 11.7 Å². The first kappa shape index (κ1) is 13.5. The van der Waals surface area contributed by atoms with Gasteiger partial charge in [0, 0.05) is 16.7 Å². The minimum atomic E-state index is -0.446.